The number of ether oxygens (including phenoxy) is 1. The van der Waals surface area contributed by atoms with Gasteiger partial charge in [0.2, 0.25) is 5.88 Å². The Morgan fingerprint density at radius 2 is 1.77 bits per heavy atom. The summed E-state index contributed by atoms with van der Waals surface area (Å²) in [5.74, 6) is -0.399. The number of hydrogen-bond acceptors (Lipinski definition) is 6. The standard InChI is InChI=1S/C20H19N3O3/c21-17(10-14-4-2-1-3-5-14)20(25)26-19-11-18(22-13-23-19)16-8-6-15(12-24)7-9-16/h1-9,11,13,17,24H,10,12,21H2/t17-/m0/s1. The second kappa shape index (κ2) is 8.33. The fraction of sp³-hybridized carbons (Fsp3) is 0.150. The number of nitrogens with two attached hydrogens (primary N) is 1. The lowest BCUT2D eigenvalue weighted by Gasteiger charge is -2.11. The molecular formula is C20H19N3O3. The third kappa shape index (κ3) is 4.50. The number of nitrogens with zero attached hydrogens (tertiary/aromatic N) is 2. The molecule has 1 heterocycles. The maximum absolute atomic E-state index is 12.2. The Hall–Kier alpha value is -3.09. The second-order valence-corrected chi connectivity index (χ2v) is 5.81. The highest BCUT2D eigenvalue weighted by Crippen LogP contribution is 2.20. The van der Waals surface area contributed by atoms with Gasteiger partial charge in [-0.15, -0.1) is 0 Å². The number of aliphatic hydroxyl groups excluding tert-OH is 1. The van der Waals surface area contributed by atoms with Gasteiger partial charge < -0.3 is 15.6 Å². The minimum Gasteiger partial charge on any atom is -0.406 e. The fourth-order valence-corrected chi connectivity index (χ4v) is 2.46. The normalized spacial score (nSPS) is 11.8. The maximum Gasteiger partial charge on any atom is 0.329 e. The van der Waals surface area contributed by atoms with Crippen LogP contribution in [0.3, 0.4) is 0 Å². The lowest BCUT2D eigenvalue weighted by molar-refractivity contribution is -0.136. The highest BCUT2D eigenvalue weighted by molar-refractivity contribution is 5.78. The first-order chi connectivity index (χ1) is 12.7. The number of aliphatic hydroxyl groups is 1. The molecule has 0 aliphatic carbocycles. The van der Waals surface area contributed by atoms with Crippen LogP contribution >= 0.6 is 0 Å². The summed E-state index contributed by atoms with van der Waals surface area (Å²) in [6.07, 6.45) is 1.72. The van der Waals surface area contributed by atoms with Crippen LogP contribution in [0.15, 0.2) is 67.0 Å². The maximum atomic E-state index is 12.2. The molecule has 6 nitrogen and oxygen atoms in total. The first kappa shape index (κ1) is 17.7. The summed E-state index contributed by atoms with van der Waals surface area (Å²) in [5.41, 5.74) is 9.15. The van der Waals surface area contributed by atoms with Crippen molar-refractivity contribution in [1.82, 2.24) is 9.97 Å². The van der Waals surface area contributed by atoms with Gasteiger partial charge in [0.05, 0.1) is 12.3 Å². The number of benzene rings is 2. The summed E-state index contributed by atoms with van der Waals surface area (Å²) < 4.78 is 5.30. The molecule has 0 bridgehead atoms. The monoisotopic (exact) mass is 349 g/mol. The number of carbonyl (C=O) groups is 1. The molecule has 3 aromatic rings. The van der Waals surface area contributed by atoms with Crippen LogP contribution in [0.1, 0.15) is 11.1 Å². The minimum absolute atomic E-state index is 0.0216. The van der Waals surface area contributed by atoms with E-state index >= 15 is 0 Å². The van der Waals surface area contributed by atoms with E-state index < -0.39 is 12.0 Å². The first-order valence-electron chi connectivity index (χ1n) is 8.19. The Bertz CT molecular complexity index is 867. The van der Waals surface area contributed by atoms with Crippen LogP contribution in [0, 0.1) is 0 Å². The van der Waals surface area contributed by atoms with Gasteiger partial charge in [-0.2, -0.15) is 0 Å². The summed E-state index contributed by atoms with van der Waals surface area (Å²) in [4.78, 5) is 20.4. The molecule has 6 heteroatoms. The average Bonchev–Trinajstić information content (AvgIpc) is 2.69. The molecule has 3 rings (SSSR count). The number of rotatable bonds is 6. The van der Waals surface area contributed by atoms with E-state index in [0.717, 1.165) is 16.7 Å². The lowest BCUT2D eigenvalue weighted by Crippen LogP contribution is -2.36. The molecule has 26 heavy (non-hydrogen) atoms. The predicted molar refractivity (Wildman–Crippen MR) is 97.1 cm³/mol. The molecule has 3 N–H and O–H groups in total. The number of carbonyl (C=O) groups excluding carboxylic acids is 1. The van der Waals surface area contributed by atoms with Crippen LogP contribution in [0.5, 0.6) is 5.88 Å². The van der Waals surface area contributed by atoms with Crippen molar-refractivity contribution in [2.75, 3.05) is 0 Å². The van der Waals surface area contributed by atoms with E-state index in [0.29, 0.717) is 12.1 Å². The van der Waals surface area contributed by atoms with Gasteiger partial charge in [0.1, 0.15) is 12.4 Å². The third-order valence-electron chi connectivity index (χ3n) is 3.88. The van der Waals surface area contributed by atoms with Crippen LogP contribution in [0.2, 0.25) is 0 Å². The molecule has 0 aliphatic rings. The van der Waals surface area contributed by atoms with Crippen molar-refractivity contribution in [3.05, 3.63) is 78.1 Å². The Balaban J connectivity index is 1.68. The van der Waals surface area contributed by atoms with E-state index in [1.54, 1.807) is 18.2 Å². The van der Waals surface area contributed by atoms with Crippen LogP contribution in [0.4, 0.5) is 0 Å². The van der Waals surface area contributed by atoms with Gasteiger partial charge in [-0.05, 0) is 17.5 Å². The topological polar surface area (TPSA) is 98.3 Å². The Kier molecular flexibility index (Phi) is 5.68. The van der Waals surface area contributed by atoms with Crippen molar-refractivity contribution >= 4 is 5.97 Å². The number of hydrogen-bond donors (Lipinski definition) is 2. The highest BCUT2D eigenvalue weighted by atomic mass is 16.5. The van der Waals surface area contributed by atoms with Gasteiger partial charge in [0.25, 0.3) is 0 Å². The van der Waals surface area contributed by atoms with E-state index in [1.165, 1.54) is 6.33 Å². The van der Waals surface area contributed by atoms with E-state index in [2.05, 4.69) is 9.97 Å². The molecule has 0 aliphatic heterocycles. The second-order valence-electron chi connectivity index (χ2n) is 5.81. The van der Waals surface area contributed by atoms with Crippen molar-refractivity contribution in [2.45, 2.75) is 19.1 Å². The van der Waals surface area contributed by atoms with Gasteiger partial charge >= 0.3 is 5.97 Å². The molecule has 2 aromatic carbocycles. The Morgan fingerprint density at radius 3 is 2.46 bits per heavy atom. The minimum atomic E-state index is -0.778. The van der Waals surface area contributed by atoms with Crippen molar-refractivity contribution in [2.24, 2.45) is 5.73 Å². The van der Waals surface area contributed by atoms with E-state index in [9.17, 15) is 4.79 Å². The van der Waals surface area contributed by atoms with Crippen LogP contribution in [-0.2, 0) is 17.8 Å². The molecule has 1 atom stereocenters. The quantitative estimate of drug-likeness (QED) is 0.662. The van der Waals surface area contributed by atoms with Crippen LogP contribution in [0.25, 0.3) is 11.3 Å². The number of aromatic nitrogens is 2. The van der Waals surface area contributed by atoms with Crippen LogP contribution in [-0.4, -0.2) is 27.1 Å². The number of esters is 1. The molecule has 0 saturated carbocycles. The fourth-order valence-electron chi connectivity index (χ4n) is 2.46. The SMILES string of the molecule is N[C@@H](Cc1ccccc1)C(=O)Oc1cc(-c2ccc(CO)cc2)ncn1. The lowest BCUT2D eigenvalue weighted by atomic mass is 10.1. The molecule has 0 saturated heterocycles. The van der Waals surface area contributed by atoms with E-state index in [1.807, 2.05) is 42.5 Å². The van der Waals surface area contributed by atoms with Gasteiger partial charge in [0, 0.05) is 11.6 Å². The van der Waals surface area contributed by atoms with Crippen molar-refractivity contribution in [3.8, 4) is 17.1 Å². The van der Waals surface area contributed by atoms with Crippen molar-refractivity contribution in [1.29, 1.82) is 0 Å². The van der Waals surface area contributed by atoms with Crippen LogP contribution < -0.4 is 10.5 Å². The molecule has 0 spiro atoms. The Labute approximate surface area is 151 Å². The Morgan fingerprint density at radius 1 is 1.04 bits per heavy atom. The van der Waals surface area contributed by atoms with Gasteiger partial charge in [-0.3, -0.25) is 0 Å². The summed E-state index contributed by atoms with van der Waals surface area (Å²) in [7, 11) is 0. The van der Waals surface area contributed by atoms with Gasteiger partial charge in [-0.25, -0.2) is 14.8 Å². The zero-order valence-electron chi connectivity index (χ0n) is 14.1. The third-order valence-corrected chi connectivity index (χ3v) is 3.88. The summed E-state index contributed by atoms with van der Waals surface area (Å²) in [5, 5.41) is 9.11. The van der Waals surface area contributed by atoms with Gasteiger partial charge in [-0.1, -0.05) is 54.6 Å². The molecule has 1 aromatic heterocycles. The molecule has 0 radical (unpaired) electrons. The van der Waals surface area contributed by atoms with Gasteiger partial charge in [0.15, 0.2) is 0 Å². The highest BCUT2D eigenvalue weighted by Gasteiger charge is 2.17. The summed E-state index contributed by atoms with van der Waals surface area (Å²) in [6, 6.07) is 17.6. The molecular weight excluding hydrogens is 330 g/mol. The van der Waals surface area contributed by atoms with Crippen molar-refractivity contribution in [3.63, 3.8) is 0 Å². The zero-order valence-corrected chi connectivity index (χ0v) is 14.1. The predicted octanol–water partition coefficient (Wildman–Crippen LogP) is 2.11. The van der Waals surface area contributed by atoms with E-state index in [-0.39, 0.29) is 12.5 Å². The summed E-state index contributed by atoms with van der Waals surface area (Å²) >= 11 is 0. The zero-order chi connectivity index (χ0) is 18.4. The largest absolute Gasteiger partial charge is 0.406 e. The van der Waals surface area contributed by atoms with E-state index in [4.69, 9.17) is 15.6 Å². The summed E-state index contributed by atoms with van der Waals surface area (Å²) in [6.45, 7) is -0.0216. The molecule has 132 valence electrons. The van der Waals surface area contributed by atoms with Crippen molar-refractivity contribution < 1.29 is 14.6 Å². The smallest absolute Gasteiger partial charge is 0.329 e. The molecule has 0 fully saturated rings. The molecule has 0 amide bonds. The average molecular weight is 349 g/mol. The molecule has 0 unspecified atom stereocenters. The first-order valence-corrected chi connectivity index (χ1v) is 8.19.